The van der Waals surface area contributed by atoms with Gasteiger partial charge in [0.15, 0.2) is 6.61 Å². The molecule has 14 heteroatoms. The molecule has 11 nitrogen and oxygen atoms in total. The molecule has 0 atom stereocenters. The first-order chi connectivity index (χ1) is 21.0. The van der Waals surface area contributed by atoms with Gasteiger partial charge in [0.05, 0.1) is 12.6 Å². The van der Waals surface area contributed by atoms with E-state index in [-0.39, 0.29) is 43.4 Å². The van der Waals surface area contributed by atoms with Crippen LogP contribution in [0.3, 0.4) is 0 Å². The minimum Gasteiger partial charge on any atom is -0.492 e. The van der Waals surface area contributed by atoms with Crippen LogP contribution in [0.25, 0.3) is 0 Å². The number of aromatic nitrogens is 3. The van der Waals surface area contributed by atoms with Gasteiger partial charge in [-0.05, 0) is 62.1 Å². The van der Waals surface area contributed by atoms with E-state index in [4.69, 9.17) is 14.2 Å². The molecule has 1 aromatic heterocycles. The smallest absolute Gasteiger partial charge is 0.422 e. The summed E-state index contributed by atoms with van der Waals surface area (Å²) in [6.07, 6.45) is -3.79. The van der Waals surface area contributed by atoms with Crippen LogP contribution in [0.1, 0.15) is 54.0 Å². The molecule has 4 aliphatic rings. The number of benzene rings is 2. The van der Waals surface area contributed by atoms with Crippen molar-refractivity contribution in [2.75, 3.05) is 38.2 Å². The van der Waals surface area contributed by atoms with Crippen LogP contribution in [0.15, 0.2) is 48.5 Å². The van der Waals surface area contributed by atoms with E-state index in [9.17, 15) is 22.8 Å². The minimum absolute atomic E-state index is 0.0475. The highest BCUT2D eigenvalue weighted by molar-refractivity contribution is 5.94. The van der Waals surface area contributed by atoms with Crippen LogP contribution in [0.2, 0.25) is 0 Å². The zero-order chi connectivity index (χ0) is 31.5. The van der Waals surface area contributed by atoms with Crippen molar-refractivity contribution in [3.8, 4) is 11.8 Å². The number of anilines is 1. The van der Waals surface area contributed by atoms with Gasteiger partial charge in [0.2, 0.25) is 5.95 Å². The number of rotatable bonds is 3. The molecule has 0 saturated carbocycles. The summed E-state index contributed by atoms with van der Waals surface area (Å²) in [7, 11) is 0. The van der Waals surface area contributed by atoms with Gasteiger partial charge in [-0.15, -0.1) is 0 Å². The molecular formula is C30H35F3N6O5. The van der Waals surface area contributed by atoms with Crippen LogP contribution in [0.4, 0.5) is 23.9 Å². The first kappa shape index (κ1) is 32.3. The normalized spacial score (nSPS) is 15.1. The van der Waals surface area contributed by atoms with E-state index in [1.807, 2.05) is 12.1 Å². The fourth-order valence-corrected chi connectivity index (χ4v) is 4.18. The highest BCUT2D eigenvalue weighted by atomic mass is 19.4. The molecule has 0 fully saturated rings. The number of carbonyl (C=O) groups is 2. The Bertz CT molecular complexity index is 1390. The molecule has 0 saturated heterocycles. The Kier molecular flexibility index (Phi) is 11.2. The van der Waals surface area contributed by atoms with Gasteiger partial charge >= 0.3 is 18.3 Å². The highest BCUT2D eigenvalue weighted by Crippen LogP contribution is 2.19. The van der Waals surface area contributed by atoms with Crippen molar-refractivity contribution >= 4 is 17.9 Å². The number of carbonyl (C=O) groups excluding carboxylic acids is 2. The predicted molar refractivity (Wildman–Crippen MR) is 155 cm³/mol. The van der Waals surface area contributed by atoms with Gasteiger partial charge < -0.3 is 29.7 Å². The Balaban J connectivity index is 1.54. The van der Waals surface area contributed by atoms with Crippen LogP contribution >= 0.6 is 0 Å². The van der Waals surface area contributed by atoms with Crippen LogP contribution in [0, 0.1) is 0 Å². The molecule has 0 aliphatic carbocycles. The molecular weight excluding hydrogens is 581 g/mol. The molecule has 0 unspecified atom stereocenters. The van der Waals surface area contributed by atoms with E-state index in [1.165, 1.54) is 0 Å². The molecule has 6 bridgehead atoms. The largest absolute Gasteiger partial charge is 0.492 e. The number of hydrogen-bond donors (Lipinski definition) is 2. The van der Waals surface area contributed by atoms with Gasteiger partial charge in [-0.25, -0.2) is 4.79 Å². The number of nitrogens with zero attached hydrogens (tertiary/aromatic N) is 4. The molecule has 3 aromatic rings. The number of hydrogen-bond acceptors (Lipinski definition) is 9. The summed E-state index contributed by atoms with van der Waals surface area (Å²) in [6, 6.07) is 13.5. The van der Waals surface area contributed by atoms with E-state index in [0.717, 1.165) is 11.1 Å². The zero-order valence-electron chi connectivity index (χ0n) is 24.5. The van der Waals surface area contributed by atoms with Crippen LogP contribution < -0.4 is 20.1 Å². The van der Waals surface area contributed by atoms with E-state index in [0.29, 0.717) is 43.8 Å². The standard InChI is InChI=1S/C30H35F3N6O5/c1-20(2)44-29(41)39-14-4-3-13-34-26(40)23-9-5-21(6-10-23)17-25-36-27(38-28(37-25)43-19-30(31,32)33)35-18-22-7-11-24(12-8-22)42-16-15-39/h5-12,20H,3-4,13-19H2,1-2H3,(H,34,40)(H,35,36,37,38). The SMILES string of the molecule is CC(C)OC(=O)N1CCCCNC(=O)c2ccc(cc2)Cc2nc(nc(OCC(F)(F)F)n2)NCc2ccc(cc2)OCC1. The molecule has 2 amide bonds. The third-order valence-corrected chi connectivity index (χ3v) is 6.34. The Labute approximate surface area is 253 Å². The van der Waals surface area contributed by atoms with Crippen molar-refractivity contribution in [2.45, 2.75) is 51.9 Å². The average Bonchev–Trinajstić information content (AvgIpc) is 2.97. The maximum absolute atomic E-state index is 12.8. The summed E-state index contributed by atoms with van der Waals surface area (Å²) >= 11 is 0. The molecule has 0 radical (unpaired) electrons. The number of alkyl halides is 3. The minimum atomic E-state index is -4.56. The maximum Gasteiger partial charge on any atom is 0.422 e. The molecule has 2 aromatic carbocycles. The lowest BCUT2D eigenvalue weighted by Gasteiger charge is -2.23. The number of halogens is 3. The quantitative estimate of drug-likeness (QED) is 0.428. The molecule has 7 rings (SSSR count). The summed E-state index contributed by atoms with van der Waals surface area (Å²) in [6.45, 7) is 3.71. The molecule has 4 aliphatic heterocycles. The monoisotopic (exact) mass is 616 g/mol. The lowest BCUT2D eigenvalue weighted by atomic mass is 10.1. The van der Waals surface area contributed by atoms with Gasteiger partial charge in [-0.3, -0.25) is 4.79 Å². The number of ether oxygens (including phenoxy) is 3. The van der Waals surface area contributed by atoms with Crippen molar-refractivity contribution in [2.24, 2.45) is 0 Å². The van der Waals surface area contributed by atoms with Crippen LogP contribution in [-0.4, -0.2) is 77.0 Å². The maximum atomic E-state index is 12.8. The average molecular weight is 617 g/mol. The second kappa shape index (κ2) is 15.2. The van der Waals surface area contributed by atoms with Gasteiger partial charge in [0.25, 0.3) is 5.91 Å². The number of nitrogens with one attached hydrogen (secondary N) is 2. The second-order valence-electron chi connectivity index (χ2n) is 10.4. The number of amides is 2. The van der Waals surface area contributed by atoms with E-state index < -0.39 is 24.9 Å². The van der Waals surface area contributed by atoms with Gasteiger partial charge in [-0.1, -0.05) is 24.3 Å². The van der Waals surface area contributed by atoms with E-state index >= 15 is 0 Å². The van der Waals surface area contributed by atoms with Crippen molar-refractivity contribution < 1.29 is 37.0 Å². The summed E-state index contributed by atoms with van der Waals surface area (Å²) in [5.41, 5.74) is 2.02. The topological polar surface area (TPSA) is 128 Å². The molecule has 5 heterocycles. The third-order valence-electron chi connectivity index (χ3n) is 6.34. The Morgan fingerprint density at radius 3 is 2.41 bits per heavy atom. The lowest BCUT2D eigenvalue weighted by Crippen LogP contribution is -2.37. The fourth-order valence-electron chi connectivity index (χ4n) is 4.18. The zero-order valence-corrected chi connectivity index (χ0v) is 24.5. The Morgan fingerprint density at radius 2 is 1.70 bits per heavy atom. The predicted octanol–water partition coefficient (Wildman–Crippen LogP) is 4.77. The molecule has 236 valence electrons. The summed E-state index contributed by atoms with van der Waals surface area (Å²) in [5, 5.41) is 5.88. The van der Waals surface area contributed by atoms with Crippen molar-refractivity contribution in [3.63, 3.8) is 0 Å². The Hall–Kier alpha value is -4.62. The van der Waals surface area contributed by atoms with Gasteiger partial charge in [-0.2, -0.15) is 28.1 Å². The highest BCUT2D eigenvalue weighted by Gasteiger charge is 2.29. The molecule has 44 heavy (non-hydrogen) atoms. The van der Waals surface area contributed by atoms with Crippen molar-refractivity contribution in [1.82, 2.24) is 25.2 Å². The van der Waals surface area contributed by atoms with Crippen LogP contribution in [0.5, 0.6) is 11.8 Å². The van der Waals surface area contributed by atoms with Gasteiger partial charge in [0.1, 0.15) is 18.2 Å². The molecule has 2 N–H and O–H groups in total. The lowest BCUT2D eigenvalue weighted by molar-refractivity contribution is -0.154. The first-order valence-corrected chi connectivity index (χ1v) is 14.3. The Morgan fingerprint density at radius 1 is 0.977 bits per heavy atom. The van der Waals surface area contributed by atoms with E-state index in [2.05, 4.69) is 25.6 Å². The second-order valence-corrected chi connectivity index (χ2v) is 10.4. The fraction of sp³-hybridized carbons (Fsp3) is 0.433. The van der Waals surface area contributed by atoms with Gasteiger partial charge in [0, 0.05) is 31.6 Å². The first-order valence-electron chi connectivity index (χ1n) is 14.3. The summed E-state index contributed by atoms with van der Waals surface area (Å²) < 4.78 is 54.4. The summed E-state index contributed by atoms with van der Waals surface area (Å²) in [5.74, 6) is 0.586. The summed E-state index contributed by atoms with van der Waals surface area (Å²) in [4.78, 5) is 39.3. The van der Waals surface area contributed by atoms with E-state index in [1.54, 1.807) is 55.1 Å². The van der Waals surface area contributed by atoms with Crippen LogP contribution in [-0.2, 0) is 17.7 Å². The third kappa shape index (κ3) is 10.6. The molecule has 0 spiro atoms. The van der Waals surface area contributed by atoms with Crippen molar-refractivity contribution in [1.29, 1.82) is 0 Å². The van der Waals surface area contributed by atoms with Crippen molar-refractivity contribution in [3.05, 3.63) is 71.0 Å².